The van der Waals surface area contributed by atoms with Crippen LogP contribution in [0.25, 0.3) is 22.0 Å². The smallest absolute Gasteiger partial charge is 0.0711 e. The van der Waals surface area contributed by atoms with Crippen LogP contribution in [0.4, 0.5) is 0 Å². The van der Waals surface area contributed by atoms with Gasteiger partial charge in [0.05, 0.1) is 5.69 Å². The lowest BCUT2D eigenvalue weighted by Crippen LogP contribution is -1.87. The van der Waals surface area contributed by atoms with E-state index in [0.717, 1.165) is 37.6 Å². The molecular weight excluding hydrogens is 277 g/mol. The van der Waals surface area contributed by atoms with E-state index in [1.807, 2.05) is 42.6 Å². The van der Waals surface area contributed by atoms with E-state index in [4.69, 9.17) is 23.2 Å². The summed E-state index contributed by atoms with van der Waals surface area (Å²) < 4.78 is 0. The second-order valence-electron chi connectivity index (χ2n) is 4.52. The van der Waals surface area contributed by atoms with Crippen LogP contribution in [0.2, 0.25) is 10.0 Å². The molecule has 2 aromatic carbocycles. The van der Waals surface area contributed by atoms with E-state index in [2.05, 4.69) is 18.0 Å². The molecular formula is C16H11Cl2N. The maximum absolute atomic E-state index is 6.06. The fourth-order valence-electron chi connectivity index (χ4n) is 2.13. The first-order chi connectivity index (χ1) is 9.13. The van der Waals surface area contributed by atoms with Crippen LogP contribution in [0.3, 0.4) is 0 Å². The summed E-state index contributed by atoms with van der Waals surface area (Å²) in [6.45, 7) is 2.05. The van der Waals surface area contributed by atoms with Gasteiger partial charge in [-0.15, -0.1) is 0 Å². The summed E-state index contributed by atoms with van der Waals surface area (Å²) in [4.78, 5) is 4.50. The number of aromatic nitrogens is 1. The monoisotopic (exact) mass is 287 g/mol. The summed E-state index contributed by atoms with van der Waals surface area (Å²) in [5.74, 6) is 0. The first-order valence-electron chi connectivity index (χ1n) is 5.95. The van der Waals surface area contributed by atoms with Gasteiger partial charge >= 0.3 is 0 Å². The molecule has 3 aromatic rings. The number of hydrogen-bond donors (Lipinski definition) is 0. The average molecular weight is 288 g/mol. The lowest BCUT2D eigenvalue weighted by Gasteiger charge is -2.07. The van der Waals surface area contributed by atoms with Gasteiger partial charge in [0, 0.05) is 27.2 Å². The van der Waals surface area contributed by atoms with Crippen LogP contribution >= 0.6 is 23.2 Å². The van der Waals surface area contributed by atoms with E-state index in [0.29, 0.717) is 0 Å². The second kappa shape index (κ2) is 4.84. The van der Waals surface area contributed by atoms with Crippen molar-refractivity contribution < 1.29 is 0 Å². The number of aryl methyl sites for hydroxylation is 1. The van der Waals surface area contributed by atoms with E-state index >= 15 is 0 Å². The Balaban J connectivity index is 2.20. The Bertz CT molecular complexity index is 766. The molecule has 1 aromatic heterocycles. The van der Waals surface area contributed by atoms with Crippen molar-refractivity contribution in [1.82, 2.24) is 4.98 Å². The molecule has 0 aliphatic heterocycles. The zero-order chi connectivity index (χ0) is 13.4. The van der Waals surface area contributed by atoms with Crippen molar-refractivity contribution in [3.8, 4) is 11.3 Å². The number of fused-ring (bicyclic) bond motifs is 1. The first kappa shape index (κ1) is 12.5. The molecule has 0 fully saturated rings. The van der Waals surface area contributed by atoms with Gasteiger partial charge < -0.3 is 0 Å². The molecule has 0 radical (unpaired) electrons. The van der Waals surface area contributed by atoms with Gasteiger partial charge in [0.25, 0.3) is 0 Å². The molecule has 0 N–H and O–H groups in total. The molecule has 94 valence electrons. The Hall–Kier alpha value is -1.57. The molecule has 0 saturated carbocycles. The minimum Gasteiger partial charge on any atom is -0.256 e. The van der Waals surface area contributed by atoms with Crippen molar-refractivity contribution in [2.24, 2.45) is 0 Å². The average Bonchev–Trinajstić information content (AvgIpc) is 2.41. The first-order valence-corrected chi connectivity index (χ1v) is 6.71. The van der Waals surface area contributed by atoms with Crippen LogP contribution < -0.4 is 0 Å². The standard InChI is InChI=1S/C16H11Cl2N/c1-10-2-4-14(18)8-15(10)16-7-11-3-5-13(17)6-12(11)9-19-16/h2-9H,1H3. The highest BCUT2D eigenvalue weighted by Gasteiger charge is 2.05. The Morgan fingerprint density at radius 1 is 0.842 bits per heavy atom. The fraction of sp³-hybridized carbons (Fsp3) is 0.0625. The van der Waals surface area contributed by atoms with E-state index < -0.39 is 0 Å². The summed E-state index contributed by atoms with van der Waals surface area (Å²) in [7, 11) is 0. The van der Waals surface area contributed by atoms with Crippen LogP contribution in [0.1, 0.15) is 5.56 Å². The zero-order valence-corrected chi connectivity index (χ0v) is 11.8. The molecule has 3 rings (SSSR count). The van der Waals surface area contributed by atoms with Crippen molar-refractivity contribution >= 4 is 34.0 Å². The highest BCUT2D eigenvalue weighted by Crippen LogP contribution is 2.28. The van der Waals surface area contributed by atoms with Crippen LogP contribution in [0, 0.1) is 6.92 Å². The molecule has 19 heavy (non-hydrogen) atoms. The second-order valence-corrected chi connectivity index (χ2v) is 5.39. The van der Waals surface area contributed by atoms with Crippen molar-refractivity contribution in [3.05, 3.63) is 64.3 Å². The fourth-order valence-corrected chi connectivity index (χ4v) is 2.48. The summed E-state index contributed by atoms with van der Waals surface area (Å²) >= 11 is 12.0. The Morgan fingerprint density at radius 2 is 1.58 bits per heavy atom. The minimum absolute atomic E-state index is 0.721. The van der Waals surface area contributed by atoms with Gasteiger partial charge in [-0.25, -0.2) is 0 Å². The number of pyridine rings is 1. The number of halogens is 2. The van der Waals surface area contributed by atoms with Gasteiger partial charge in [-0.1, -0.05) is 35.3 Å². The third-order valence-electron chi connectivity index (χ3n) is 3.16. The molecule has 3 heteroatoms. The van der Waals surface area contributed by atoms with Gasteiger partial charge in [0.15, 0.2) is 0 Å². The molecule has 0 bridgehead atoms. The number of hydrogen-bond acceptors (Lipinski definition) is 1. The van der Waals surface area contributed by atoms with Crippen molar-refractivity contribution in [1.29, 1.82) is 0 Å². The number of rotatable bonds is 1. The van der Waals surface area contributed by atoms with Crippen LogP contribution in [0.5, 0.6) is 0 Å². The molecule has 1 heterocycles. The van der Waals surface area contributed by atoms with Crippen LogP contribution in [0.15, 0.2) is 48.7 Å². The molecule has 0 spiro atoms. The lowest BCUT2D eigenvalue weighted by atomic mass is 10.0. The largest absolute Gasteiger partial charge is 0.256 e. The van der Waals surface area contributed by atoms with Crippen molar-refractivity contribution in [2.45, 2.75) is 6.92 Å². The van der Waals surface area contributed by atoms with E-state index in [9.17, 15) is 0 Å². The maximum Gasteiger partial charge on any atom is 0.0711 e. The summed E-state index contributed by atoms with van der Waals surface area (Å²) in [6.07, 6.45) is 1.84. The van der Waals surface area contributed by atoms with Gasteiger partial charge in [0.1, 0.15) is 0 Å². The lowest BCUT2D eigenvalue weighted by molar-refractivity contribution is 1.33. The van der Waals surface area contributed by atoms with E-state index in [-0.39, 0.29) is 0 Å². The Morgan fingerprint density at radius 3 is 2.42 bits per heavy atom. The van der Waals surface area contributed by atoms with Crippen molar-refractivity contribution in [3.63, 3.8) is 0 Å². The highest BCUT2D eigenvalue weighted by atomic mass is 35.5. The zero-order valence-electron chi connectivity index (χ0n) is 10.3. The van der Waals surface area contributed by atoms with Crippen molar-refractivity contribution in [2.75, 3.05) is 0 Å². The van der Waals surface area contributed by atoms with Crippen LogP contribution in [-0.2, 0) is 0 Å². The Labute approximate surface area is 121 Å². The molecule has 0 aliphatic carbocycles. The van der Waals surface area contributed by atoms with Gasteiger partial charge in [-0.05, 0) is 48.2 Å². The third kappa shape index (κ3) is 2.44. The van der Waals surface area contributed by atoms with Gasteiger partial charge in [0.2, 0.25) is 0 Å². The predicted octanol–water partition coefficient (Wildman–Crippen LogP) is 5.52. The molecule has 0 aliphatic rings. The normalized spacial score (nSPS) is 10.9. The van der Waals surface area contributed by atoms with E-state index in [1.54, 1.807) is 0 Å². The summed E-state index contributed by atoms with van der Waals surface area (Å²) in [5.41, 5.74) is 3.14. The molecule has 0 atom stereocenters. The molecule has 1 nitrogen and oxygen atoms in total. The minimum atomic E-state index is 0.721. The summed E-state index contributed by atoms with van der Waals surface area (Å²) in [5, 5.41) is 3.60. The van der Waals surface area contributed by atoms with Gasteiger partial charge in [-0.3, -0.25) is 4.98 Å². The molecule has 0 unspecified atom stereocenters. The summed E-state index contributed by atoms with van der Waals surface area (Å²) in [6, 6.07) is 13.7. The van der Waals surface area contributed by atoms with Crippen LogP contribution in [-0.4, -0.2) is 4.98 Å². The maximum atomic E-state index is 6.06. The number of benzene rings is 2. The quantitative estimate of drug-likeness (QED) is 0.574. The Kier molecular flexibility index (Phi) is 3.17. The topological polar surface area (TPSA) is 12.9 Å². The van der Waals surface area contributed by atoms with E-state index in [1.165, 1.54) is 0 Å². The predicted molar refractivity (Wildman–Crippen MR) is 81.9 cm³/mol. The number of nitrogens with zero attached hydrogens (tertiary/aromatic N) is 1. The van der Waals surface area contributed by atoms with Gasteiger partial charge in [-0.2, -0.15) is 0 Å². The highest BCUT2D eigenvalue weighted by molar-refractivity contribution is 6.31. The molecule has 0 saturated heterocycles. The SMILES string of the molecule is Cc1ccc(Cl)cc1-c1cc2ccc(Cl)cc2cn1. The third-order valence-corrected chi connectivity index (χ3v) is 3.63. The molecule has 0 amide bonds.